The van der Waals surface area contributed by atoms with Gasteiger partial charge in [-0.1, -0.05) is 6.58 Å². The second-order valence-electron chi connectivity index (χ2n) is 5.50. The Morgan fingerprint density at radius 2 is 2.17 bits per heavy atom. The van der Waals surface area contributed by atoms with Gasteiger partial charge >= 0.3 is 0 Å². The molecule has 0 aromatic rings. The van der Waals surface area contributed by atoms with Crippen molar-refractivity contribution in [3.63, 3.8) is 0 Å². The van der Waals surface area contributed by atoms with E-state index in [1.165, 1.54) is 0 Å². The summed E-state index contributed by atoms with van der Waals surface area (Å²) >= 11 is 0. The fraction of sp³-hybridized carbons (Fsp3) is 0.692. The minimum absolute atomic E-state index is 0.131. The first kappa shape index (κ1) is 13.1. The molecule has 1 amide bonds. The van der Waals surface area contributed by atoms with Crippen LogP contribution in [0, 0.1) is 0 Å². The van der Waals surface area contributed by atoms with Crippen LogP contribution in [0.5, 0.6) is 0 Å². The highest BCUT2D eigenvalue weighted by Gasteiger charge is 2.47. The Morgan fingerprint density at radius 1 is 1.50 bits per heavy atom. The molecule has 2 aliphatic heterocycles. The first-order valence-corrected chi connectivity index (χ1v) is 6.45. The standard InChI is InChI=1S/C13H22N4O/c1-5-14-17-9-13(6-12(18)15-13)8-16(10(2)3)7-11(17)4/h5,10H,4,6-9H2,1-3H3,(H,15,18)/b14-5-. The van der Waals surface area contributed by atoms with Crippen LogP contribution in [0.4, 0.5) is 0 Å². The van der Waals surface area contributed by atoms with E-state index in [9.17, 15) is 4.79 Å². The Hall–Kier alpha value is -1.36. The number of hydrazone groups is 1. The van der Waals surface area contributed by atoms with Crippen molar-refractivity contribution in [1.29, 1.82) is 0 Å². The number of amides is 1. The van der Waals surface area contributed by atoms with Crippen molar-refractivity contribution in [3.05, 3.63) is 12.3 Å². The van der Waals surface area contributed by atoms with Gasteiger partial charge in [-0.3, -0.25) is 14.7 Å². The third-order valence-corrected chi connectivity index (χ3v) is 3.60. The molecule has 1 unspecified atom stereocenters. The summed E-state index contributed by atoms with van der Waals surface area (Å²) in [4.78, 5) is 13.6. The average molecular weight is 250 g/mol. The van der Waals surface area contributed by atoms with Crippen molar-refractivity contribution in [3.8, 4) is 0 Å². The second-order valence-corrected chi connectivity index (χ2v) is 5.50. The fourth-order valence-electron chi connectivity index (χ4n) is 2.61. The first-order chi connectivity index (χ1) is 8.46. The van der Waals surface area contributed by atoms with Gasteiger partial charge in [0.25, 0.3) is 0 Å². The zero-order valence-electron chi connectivity index (χ0n) is 11.4. The molecule has 0 aromatic heterocycles. The van der Waals surface area contributed by atoms with Crippen molar-refractivity contribution in [2.24, 2.45) is 5.10 Å². The fourth-order valence-corrected chi connectivity index (χ4v) is 2.61. The number of hydrogen-bond acceptors (Lipinski definition) is 4. The van der Waals surface area contributed by atoms with Gasteiger partial charge in [0.1, 0.15) is 0 Å². The molecule has 2 rings (SSSR count). The van der Waals surface area contributed by atoms with Gasteiger partial charge in [0, 0.05) is 31.0 Å². The SMILES string of the molecule is C=C1CN(C(C)C)CC2(CC(=O)N2)CN1/N=C\C. The maximum atomic E-state index is 11.3. The normalized spacial score (nSPS) is 29.9. The van der Waals surface area contributed by atoms with Crippen LogP contribution < -0.4 is 5.32 Å². The Bertz CT molecular complexity index is 380. The van der Waals surface area contributed by atoms with Crippen LogP contribution in [0.15, 0.2) is 17.4 Å². The van der Waals surface area contributed by atoms with Crippen molar-refractivity contribution in [2.45, 2.75) is 38.8 Å². The molecule has 2 aliphatic rings. The van der Waals surface area contributed by atoms with E-state index in [0.717, 1.165) is 18.8 Å². The van der Waals surface area contributed by atoms with E-state index in [-0.39, 0.29) is 11.4 Å². The van der Waals surface area contributed by atoms with E-state index >= 15 is 0 Å². The second kappa shape index (κ2) is 4.72. The molecule has 2 saturated heterocycles. The molecule has 2 fully saturated rings. The van der Waals surface area contributed by atoms with Crippen LogP contribution in [-0.4, -0.2) is 53.2 Å². The molecule has 0 bridgehead atoms. The molecular weight excluding hydrogens is 228 g/mol. The highest BCUT2D eigenvalue weighted by molar-refractivity contribution is 5.85. The summed E-state index contributed by atoms with van der Waals surface area (Å²) < 4.78 is 0. The average Bonchev–Trinajstić information content (AvgIpc) is 2.37. The number of β-lactam (4-membered cyclic amide) rings is 1. The number of carbonyl (C=O) groups is 1. The highest BCUT2D eigenvalue weighted by Crippen LogP contribution is 2.28. The van der Waals surface area contributed by atoms with Crippen molar-refractivity contribution < 1.29 is 4.79 Å². The van der Waals surface area contributed by atoms with Crippen LogP contribution >= 0.6 is 0 Å². The molecule has 0 aromatic carbocycles. The van der Waals surface area contributed by atoms with Crippen LogP contribution in [-0.2, 0) is 4.79 Å². The topological polar surface area (TPSA) is 47.9 Å². The van der Waals surface area contributed by atoms with Crippen molar-refractivity contribution in [2.75, 3.05) is 19.6 Å². The molecule has 1 atom stereocenters. The lowest BCUT2D eigenvalue weighted by Gasteiger charge is -2.44. The van der Waals surface area contributed by atoms with Crippen LogP contribution in [0.25, 0.3) is 0 Å². The van der Waals surface area contributed by atoms with Gasteiger partial charge in [-0.2, -0.15) is 5.10 Å². The number of rotatable bonds is 2. The number of nitrogens with one attached hydrogen (secondary N) is 1. The van der Waals surface area contributed by atoms with Gasteiger partial charge in [0.2, 0.25) is 5.91 Å². The Kier molecular flexibility index (Phi) is 3.43. The lowest BCUT2D eigenvalue weighted by molar-refractivity contribution is -0.134. The minimum atomic E-state index is -0.159. The summed E-state index contributed by atoms with van der Waals surface area (Å²) in [6.45, 7) is 12.7. The van der Waals surface area contributed by atoms with E-state index in [0.29, 0.717) is 19.0 Å². The molecule has 18 heavy (non-hydrogen) atoms. The smallest absolute Gasteiger partial charge is 0.223 e. The molecule has 2 heterocycles. The lowest BCUT2D eigenvalue weighted by Crippen LogP contribution is -2.68. The molecule has 1 spiro atoms. The molecule has 5 heteroatoms. The summed E-state index contributed by atoms with van der Waals surface area (Å²) in [5, 5.41) is 9.32. The molecular formula is C13H22N4O. The maximum Gasteiger partial charge on any atom is 0.223 e. The summed E-state index contributed by atoms with van der Waals surface area (Å²) in [6.07, 6.45) is 2.35. The molecule has 100 valence electrons. The van der Waals surface area contributed by atoms with Crippen LogP contribution in [0.1, 0.15) is 27.2 Å². The predicted molar refractivity (Wildman–Crippen MR) is 72.2 cm³/mol. The summed E-state index contributed by atoms with van der Waals surface area (Å²) in [5.74, 6) is 0.131. The van der Waals surface area contributed by atoms with Gasteiger partial charge in [-0.05, 0) is 20.8 Å². The molecule has 0 aliphatic carbocycles. The van der Waals surface area contributed by atoms with Gasteiger partial charge in [-0.15, -0.1) is 0 Å². The molecule has 0 radical (unpaired) electrons. The summed E-state index contributed by atoms with van der Waals surface area (Å²) in [5.41, 5.74) is 0.827. The monoisotopic (exact) mass is 250 g/mol. The highest BCUT2D eigenvalue weighted by atomic mass is 16.2. The van der Waals surface area contributed by atoms with Gasteiger partial charge < -0.3 is 5.32 Å². The van der Waals surface area contributed by atoms with Crippen LogP contribution in [0.3, 0.4) is 0 Å². The Balaban J connectivity index is 2.21. The Labute approximate surface area is 109 Å². The summed E-state index contributed by atoms with van der Waals surface area (Å²) in [6, 6.07) is 0.432. The third kappa shape index (κ3) is 2.41. The molecule has 1 N–H and O–H groups in total. The molecule has 0 saturated carbocycles. The van der Waals surface area contributed by atoms with Gasteiger partial charge in [0.05, 0.1) is 18.5 Å². The number of hydrogen-bond donors (Lipinski definition) is 1. The quantitative estimate of drug-likeness (QED) is 0.582. The molecule has 5 nitrogen and oxygen atoms in total. The van der Waals surface area contributed by atoms with E-state index < -0.39 is 0 Å². The van der Waals surface area contributed by atoms with Crippen molar-refractivity contribution in [1.82, 2.24) is 15.2 Å². The van der Waals surface area contributed by atoms with Crippen LogP contribution in [0.2, 0.25) is 0 Å². The predicted octanol–water partition coefficient (Wildman–Crippen LogP) is 0.790. The first-order valence-electron chi connectivity index (χ1n) is 6.45. The van der Waals surface area contributed by atoms with Crippen molar-refractivity contribution >= 4 is 12.1 Å². The van der Waals surface area contributed by atoms with E-state index in [1.807, 2.05) is 11.9 Å². The minimum Gasteiger partial charge on any atom is -0.347 e. The zero-order chi connectivity index (χ0) is 13.3. The maximum absolute atomic E-state index is 11.3. The van der Waals surface area contributed by atoms with Gasteiger partial charge in [-0.25, -0.2) is 0 Å². The zero-order valence-corrected chi connectivity index (χ0v) is 11.4. The number of nitrogens with zero attached hydrogens (tertiary/aromatic N) is 3. The van der Waals surface area contributed by atoms with E-state index in [4.69, 9.17) is 0 Å². The van der Waals surface area contributed by atoms with E-state index in [2.05, 4.69) is 35.7 Å². The summed E-state index contributed by atoms with van der Waals surface area (Å²) in [7, 11) is 0. The lowest BCUT2D eigenvalue weighted by atomic mass is 9.86. The Morgan fingerprint density at radius 3 is 2.67 bits per heavy atom. The third-order valence-electron chi connectivity index (χ3n) is 3.60. The number of carbonyl (C=O) groups excluding carboxylic acids is 1. The van der Waals surface area contributed by atoms with E-state index in [1.54, 1.807) is 6.21 Å². The van der Waals surface area contributed by atoms with Gasteiger partial charge in [0.15, 0.2) is 0 Å². The largest absolute Gasteiger partial charge is 0.347 e.